The number of hydrazone groups is 1. The molecule has 0 bridgehead atoms. The van der Waals surface area contributed by atoms with Gasteiger partial charge in [0.1, 0.15) is 11.6 Å². The van der Waals surface area contributed by atoms with E-state index in [1.807, 2.05) is 44.2 Å². The molecule has 150 valence electrons. The lowest BCUT2D eigenvalue weighted by atomic mass is 10.1. The minimum atomic E-state index is -0.516. The number of nitrogens with one attached hydrogen (secondary N) is 1. The summed E-state index contributed by atoms with van der Waals surface area (Å²) in [5, 5.41) is 15.9. The number of nitrogens with zero attached hydrogens (tertiary/aromatic N) is 2. The molecule has 0 saturated carbocycles. The second-order valence-electron chi connectivity index (χ2n) is 7.03. The molecule has 0 aliphatic heterocycles. The van der Waals surface area contributed by atoms with E-state index >= 15 is 0 Å². The maximum Gasteiger partial charge on any atom is 0.275 e. The minimum Gasteiger partial charge on any atom is -0.507 e. The SMILES string of the molecule is Cc1cc(/C=N/NC(=O)c2cc3ccccc3cc2O)c(C)n1-c1ccccc1F. The summed E-state index contributed by atoms with van der Waals surface area (Å²) in [5.74, 6) is -0.945. The predicted octanol–water partition coefficient (Wildman–Crippen LogP) is 4.86. The van der Waals surface area contributed by atoms with Crippen LogP contribution in [0.5, 0.6) is 5.75 Å². The molecule has 1 aromatic heterocycles. The van der Waals surface area contributed by atoms with E-state index in [4.69, 9.17) is 0 Å². The van der Waals surface area contributed by atoms with Gasteiger partial charge in [-0.05, 0) is 55.0 Å². The van der Waals surface area contributed by atoms with Gasteiger partial charge in [-0.2, -0.15) is 5.10 Å². The monoisotopic (exact) mass is 401 g/mol. The normalized spacial score (nSPS) is 11.3. The van der Waals surface area contributed by atoms with Gasteiger partial charge in [0.15, 0.2) is 0 Å². The van der Waals surface area contributed by atoms with Crippen LogP contribution in [0.15, 0.2) is 71.8 Å². The van der Waals surface area contributed by atoms with Crippen LogP contribution >= 0.6 is 0 Å². The number of carbonyl (C=O) groups is 1. The highest BCUT2D eigenvalue weighted by Crippen LogP contribution is 2.25. The summed E-state index contributed by atoms with van der Waals surface area (Å²) in [4.78, 5) is 12.5. The Morgan fingerprint density at radius 2 is 1.70 bits per heavy atom. The highest BCUT2D eigenvalue weighted by molar-refractivity contribution is 6.01. The second kappa shape index (κ2) is 7.83. The Labute approximate surface area is 173 Å². The fourth-order valence-corrected chi connectivity index (χ4v) is 3.55. The van der Waals surface area contributed by atoms with E-state index in [-0.39, 0.29) is 17.1 Å². The quantitative estimate of drug-likeness (QED) is 0.379. The Morgan fingerprint density at radius 3 is 2.43 bits per heavy atom. The van der Waals surface area contributed by atoms with Gasteiger partial charge in [-0.1, -0.05) is 36.4 Å². The fourth-order valence-electron chi connectivity index (χ4n) is 3.55. The second-order valence-corrected chi connectivity index (χ2v) is 7.03. The van der Waals surface area contributed by atoms with Crippen LogP contribution in [0.1, 0.15) is 27.3 Å². The van der Waals surface area contributed by atoms with Crippen LogP contribution in [0.25, 0.3) is 16.5 Å². The Hall–Kier alpha value is -3.93. The number of carbonyl (C=O) groups excluding carboxylic acids is 1. The third-order valence-corrected chi connectivity index (χ3v) is 5.04. The Kier molecular flexibility index (Phi) is 5.06. The van der Waals surface area contributed by atoms with Crippen molar-refractivity contribution in [3.05, 3.63) is 95.1 Å². The minimum absolute atomic E-state index is 0.112. The van der Waals surface area contributed by atoms with Crippen molar-refractivity contribution >= 4 is 22.9 Å². The first kappa shape index (κ1) is 19.4. The Bertz CT molecular complexity index is 1290. The summed E-state index contributed by atoms with van der Waals surface area (Å²) in [6.45, 7) is 3.74. The number of halogens is 1. The molecule has 3 aromatic carbocycles. The van der Waals surface area contributed by atoms with Crippen molar-refractivity contribution in [3.8, 4) is 11.4 Å². The van der Waals surface area contributed by atoms with Crippen molar-refractivity contribution in [2.75, 3.05) is 0 Å². The first-order valence-electron chi connectivity index (χ1n) is 9.44. The molecule has 5 nitrogen and oxygen atoms in total. The molecule has 1 heterocycles. The average Bonchev–Trinajstić information content (AvgIpc) is 3.01. The summed E-state index contributed by atoms with van der Waals surface area (Å²) >= 11 is 0. The number of amides is 1. The van der Waals surface area contributed by atoms with Gasteiger partial charge in [-0.15, -0.1) is 0 Å². The van der Waals surface area contributed by atoms with Crippen LogP contribution in [0.4, 0.5) is 4.39 Å². The molecular formula is C24H20FN3O2. The van der Waals surface area contributed by atoms with Crippen molar-refractivity contribution < 1.29 is 14.3 Å². The van der Waals surface area contributed by atoms with Gasteiger partial charge in [0.25, 0.3) is 5.91 Å². The molecule has 2 N–H and O–H groups in total. The summed E-state index contributed by atoms with van der Waals surface area (Å²) in [6.07, 6.45) is 1.51. The maximum absolute atomic E-state index is 14.2. The van der Waals surface area contributed by atoms with E-state index in [9.17, 15) is 14.3 Å². The van der Waals surface area contributed by atoms with Crippen LogP contribution in [0.2, 0.25) is 0 Å². The number of aromatic nitrogens is 1. The number of hydrogen-bond acceptors (Lipinski definition) is 3. The van der Waals surface area contributed by atoms with E-state index in [1.54, 1.807) is 34.9 Å². The van der Waals surface area contributed by atoms with Crippen molar-refractivity contribution in [3.63, 3.8) is 0 Å². The largest absolute Gasteiger partial charge is 0.507 e. The standard InChI is InChI=1S/C24H20FN3O2/c1-15-11-19(16(2)28(15)22-10-6-5-9-21(22)25)14-26-27-24(30)20-12-17-7-3-4-8-18(17)13-23(20)29/h3-14,29H,1-2H3,(H,27,30)/b26-14+. The molecule has 30 heavy (non-hydrogen) atoms. The third-order valence-electron chi connectivity index (χ3n) is 5.04. The van der Waals surface area contributed by atoms with Crippen molar-refractivity contribution in [2.45, 2.75) is 13.8 Å². The molecule has 0 spiro atoms. The summed E-state index contributed by atoms with van der Waals surface area (Å²) in [5.41, 5.74) is 5.43. The lowest BCUT2D eigenvalue weighted by molar-refractivity contribution is 0.0952. The molecule has 0 atom stereocenters. The molecule has 0 aliphatic carbocycles. The number of fused-ring (bicyclic) bond motifs is 1. The molecule has 0 unspecified atom stereocenters. The molecular weight excluding hydrogens is 381 g/mol. The number of aryl methyl sites for hydroxylation is 1. The van der Waals surface area contributed by atoms with Gasteiger partial charge in [0.2, 0.25) is 0 Å². The van der Waals surface area contributed by atoms with Crippen LogP contribution in [0.3, 0.4) is 0 Å². The number of phenolic OH excluding ortho intramolecular Hbond substituents is 1. The highest BCUT2D eigenvalue weighted by atomic mass is 19.1. The van der Waals surface area contributed by atoms with Gasteiger partial charge >= 0.3 is 0 Å². The van der Waals surface area contributed by atoms with Crippen LogP contribution < -0.4 is 5.43 Å². The zero-order chi connectivity index (χ0) is 21.3. The van der Waals surface area contributed by atoms with E-state index < -0.39 is 5.91 Å². The zero-order valence-corrected chi connectivity index (χ0v) is 16.6. The Morgan fingerprint density at radius 1 is 1.03 bits per heavy atom. The van der Waals surface area contributed by atoms with Gasteiger partial charge in [0, 0.05) is 17.0 Å². The molecule has 4 aromatic rings. The molecule has 0 saturated heterocycles. The zero-order valence-electron chi connectivity index (χ0n) is 16.6. The molecule has 4 rings (SSSR count). The predicted molar refractivity (Wildman–Crippen MR) is 116 cm³/mol. The van der Waals surface area contributed by atoms with Gasteiger partial charge in [0.05, 0.1) is 17.5 Å². The number of phenols is 1. The number of rotatable bonds is 4. The molecule has 0 fully saturated rings. The van der Waals surface area contributed by atoms with Gasteiger partial charge in [-0.25, -0.2) is 9.82 Å². The maximum atomic E-state index is 14.2. The first-order chi connectivity index (χ1) is 14.5. The van der Waals surface area contributed by atoms with Crippen molar-refractivity contribution in [2.24, 2.45) is 5.10 Å². The topological polar surface area (TPSA) is 66.6 Å². The van der Waals surface area contributed by atoms with Crippen LogP contribution in [0, 0.1) is 19.7 Å². The van der Waals surface area contributed by atoms with E-state index in [2.05, 4.69) is 10.5 Å². The molecule has 0 radical (unpaired) electrons. The number of para-hydroxylation sites is 1. The third kappa shape index (κ3) is 3.55. The summed E-state index contributed by atoms with van der Waals surface area (Å²) < 4.78 is 16.0. The first-order valence-corrected chi connectivity index (χ1v) is 9.44. The number of benzene rings is 3. The molecule has 6 heteroatoms. The van der Waals surface area contributed by atoms with Gasteiger partial charge < -0.3 is 9.67 Å². The summed E-state index contributed by atoms with van der Waals surface area (Å²) in [6, 6.07) is 19.1. The number of aromatic hydroxyl groups is 1. The molecule has 1 amide bonds. The van der Waals surface area contributed by atoms with Gasteiger partial charge in [-0.3, -0.25) is 4.79 Å². The van der Waals surface area contributed by atoms with Crippen LogP contribution in [-0.4, -0.2) is 21.8 Å². The molecule has 0 aliphatic rings. The van der Waals surface area contributed by atoms with E-state index in [0.29, 0.717) is 5.69 Å². The van der Waals surface area contributed by atoms with Crippen LogP contribution in [-0.2, 0) is 0 Å². The van der Waals surface area contributed by atoms with Crippen molar-refractivity contribution in [1.29, 1.82) is 0 Å². The number of hydrogen-bond donors (Lipinski definition) is 2. The smallest absolute Gasteiger partial charge is 0.275 e. The highest BCUT2D eigenvalue weighted by Gasteiger charge is 2.14. The summed E-state index contributed by atoms with van der Waals surface area (Å²) in [7, 11) is 0. The Balaban J connectivity index is 1.57. The van der Waals surface area contributed by atoms with Crippen molar-refractivity contribution in [1.82, 2.24) is 9.99 Å². The van der Waals surface area contributed by atoms with E-state index in [0.717, 1.165) is 27.7 Å². The average molecular weight is 401 g/mol. The lowest BCUT2D eigenvalue weighted by Crippen LogP contribution is -2.17. The fraction of sp³-hybridized carbons (Fsp3) is 0.0833. The lowest BCUT2D eigenvalue weighted by Gasteiger charge is -2.10. The van der Waals surface area contributed by atoms with E-state index in [1.165, 1.54) is 12.3 Å².